The third kappa shape index (κ3) is 3.09. The normalized spacial score (nSPS) is 24.1. The van der Waals surface area contributed by atoms with Crippen molar-refractivity contribution in [3.63, 3.8) is 0 Å². The molecule has 3 aromatic heterocycles. The summed E-state index contributed by atoms with van der Waals surface area (Å²) in [5.41, 5.74) is 2.82. The van der Waals surface area contributed by atoms with Crippen molar-refractivity contribution < 1.29 is 13.6 Å². The van der Waals surface area contributed by atoms with E-state index in [1.165, 1.54) is 12.3 Å². The van der Waals surface area contributed by atoms with Crippen LogP contribution >= 0.6 is 0 Å². The summed E-state index contributed by atoms with van der Waals surface area (Å²) in [5.74, 6) is -0.157. The number of fused-ring (bicyclic) bond motifs is 5. The van der Waals surface area contributed by atoms with Crippen molar-refractivity contribution in [3.05, 3.63) is 52.9 Å². The fourth-order valence-electron chi connectivity index (χ4n) is 4.49. The number of amides is 1. The van der Waals surface area contributed by atoms with Crippen molar-refractivity contribution >= 4 is 17.4 Å². The SMILES string of the molecule is Cc1nn2ccc3nc2c1C(=O)NC(C)CCc1ncc(F)cc1C1C[C@@H](F)CN31. The lowest BCUT2D eigenvalue weighted by Gasteiger charge is -2.27. The van der Waals surface area contributed by atoms with Gasteiger partial charge in [0.05, 0.1) is 24.5 Å². The number of aryl methyl sites for hydroxylation is 2. The molecule has 3 aromatic rings. The van der Waals surface area contributed by atoms with Crippen molar-refractivity contribution in [2.45, 2.75) is 51.4 Å². The summed E-state index contributed by atoms with van der Waals surface area (Å²) in [4.78, 5) is 23.8. The van der Waals surface area contributed by atoms with E-state index >= 15 is 0 Å². The molecule has 2 aliphatic rings. The molecule has 0 spiro atoms. The summed E-state index contributed by atoms with van der Waals surface area (Å²) in [6.07, 6.45) is 3.26. The number of hydrogen-bond acceptors (Lipinski definition) is 5. The Morgan fingerprint density at radius 2 is 2.17 bits per heavy atom. The van der Waals surface area contributed by atoms with Gasteiger partial charge in [0.15, 0.2) is 5.65 Å². The van der Waals surface area contributed by atoms with Crippen LogP contribution in [-0.4, -0.2) is 44.2 Å². The number of carbonyl (C=O) groups is 1. The van der Waals surface area contributed by atoms with Crippen LogP contribution in [0.4, 0.5) is 14.6 Å². The van der Waals surface area contributed by atoms with Crippen LogP contribution in [0.3, 0.4) is 0 Å². The summed E-state index contributed by atoms with van der Waals surface area (Å²) >= 11 is 0. The molecular weight excluding hydrogens is 390 g/mol. The van der Waals surface area contributed by atoms with Crippen molar-refractivity contribution in [1.29, 1.82) is 0 Å². The average Bonchev–Trinajstić information content (AvgIpc) is 3.24. The van der Waals surface area contributed by atoms with E-state index in [2.05, 4.69) is 20.4 Å². The first-order chi connectivity index (χ1) is 14.4. The molecule has 1 amide bonds. The highest BCUT2D eigenvalue weighted by Crippen LogP contribution is 2.38. The molecule has 5 rings (SSSR count). The van der Waals surface area contributed by atoms with E-state index in [1.807, 2.05) is 11.8 Å². The predicted molar refractivity (Wildman–Crippen MR) is 107 cm³/mol. The Hall–Kier alpha value is -3.10. The summed E-state index contributed by atoms with van der Waals surface area (Å²) in [5, 5.41) is 7.40. The number of hydrogen-bond donors (Lipinski definition) is 1. The smallest absolute Gasteiger partial charge is 0.257 e. The van der Waals surface area contributed by atoms with Gasteiger partial charge in [-0.15, -0.1) is 0 Å². The number of pyridine rings is 1. The van der Waals surface area contributed by atoms with Gasteiger partial charge in [-0.3, -0.25) is 9.78 Å². The molecule has 9 heteroatoms. The van der Waals surface area contributed by atoms with Crippen LogP contribution in [0.15, 0.2) is 24.5 Å². The Kier molecular flexibility index (Phi) is 4.41. The molecule has 2 unspecified atom stereocenters. The molecule has 0 radical (unpaired) electrons. The van der Waals surface area contributed by atoms with Crippen molar-refractivity contribution in [2.24, 2.45) is 0 Å². The van der Waals surface area contributed by atoms with E-state index in [0.29, 0.717) is 41.1 Å². The van der Waals surface area contributed by atoms with Crippen molar-refractivity contribution in [2.75, 3.05) is 11.4 Å². The molecule has 1 fully saturated rings. The zero-order valence-corrected chi connectivity index (χ0v) is 16.8. The minimum Gasteiger partial charge on any atom is -0.349 e. The first-order valence-electron chi connectivity index (χ1n) is 10.1. The number of carbonyl (C=O) groups excluding carboxylic acids is 1. The van der Waals surface area contributed by atoms with Crippen molar-refractivity contribution in [3.8, 4) is 0 Å². The number of halogens is 2. The molecule has 2 bridgehead atoms. The van der Waals surface area contributed by atoms with Crippen LogP contribution in [-0.2, 0) is 6.42 Å². The van der Waals surface area contributed by atoms with E-state index in [9.17, 15) is 13.6 Å². The average molecular weight is 412 g/mol. The van der Waals surface area contributed by atoms with E-state index in [1.54, 1.807) is 23.7 Å². The van der Waals surface area contributed by atoms with E-state index in [-0.39, 0.29) is 31.0 Å². The number of rotatable bonds is 0. The fourth-order valence-corrected chi connectivity index (χ4v) is 4.49. The Balaban J connectivity index is 1.72. The number of alkyl halides is 1. The fraction of sp³-hybridized carbons (Fsp3) is 0.429. The maximum Gasteiger partial charge on any atom is 0.257 e. The molecule has 0 aromatic carbocycles. The number of nitrogens with zero attached hydrogens (tertiary/aromatic N) is 5. The maximum absolute atomic E-state index is 14.5. The summed E-state index contributed by atoms with van der Waals surface area (Å²) in [6.45, 7) is 3.83. The topological polar surface area (TPSA) is 75.4 Å². The lowest BCUT2D eigenvalue weighted by atomic mass is 9.98. The molecule has 5 heterocycles. The summed E-state index contributed by atoms with van der Waals surface area (Å²) in [6, 6.07) is 2.69. The summed E-state index contributed by atoms with van der Waals surface area (Å²) < 4.78 is 30.2. The lowest BCUT2D eigenvalue weighted by molar-refractivity contribution is 0.0939. The van der Waals surface area contributed by atoms with Crippen molar-refractivity contribution in [1.82, 2.24) is 24.9 Å². The third-order valence-corrected chi connectivity index (χ3v) is 5.94. The molecule has 156 valence electrons. The van der Waals surface area contributed by atoms with Gasteiger partial charge in [0.25, 0.3) is 5.91 Å². The molecule has 7 nitrogen and oxygen atoms in total. The molecule has 0 aliphatic carbocycles. The second-order valence-electron chi connectivity index (χ2n) is 8.12. The Morgan fingerprint density at radius 1 is 1.33 bits per heavy atom. The quantitative estimate of drug-likeness (QED) is 0.615. The molecule has 2 aliphatic heterocycles. The van der Waals surface area contributed by atoms with E-state index < -0.39 is 12.0 Å². The van der Waals surface area contributed by atoms with Gasteiger partial charge in [-0.2, -0.15) is 5.10 Å². The Bertz CT molecular complexity index is 1150. The zero-order valence-electron chi connectivity index (χ0n) is 16.8. The van der Waals surface area contributed by atoms with Crippen LogP contribution in [0.5, 0.6) is 0 Å². The van der Waals surface area contributed by atoms with Crippen LogP contribution in [0.25, 0.3) is 5.65 Å². The van der Waals surface area contributed by atoms with Gasteiger partial charge in [-0.25, -0.2) is 18.3 Å². The van der Waals surface area contributed by atoms with Crippen LogP contribution in [0.2, 0.25) is 0 Å². The highest BCUT2D eigenvalue weighted by atomic mass is 19.1. The van der Waals surface area contributed by atoms with Crippen LogP contribution in [0, 0.1) is 12.7 Å². The third-order valence-electron chi connectivity index (χ3n) is 5.94. The minimum atomic E-state index is -1.06. The number of anilines is 1. The highest BCUT2D eigenvalue weighted by Gasteiger charge is 2.36. The zero-order chi connectivity index (χ0) is 21.0. The van der Waals surface area contributed by atoms with Gasteiger partial charge in [0.2, 0.25) is 0 Å². The second-order valence-corrected chi connectivity index (χ2v) is 8.12. The highest BCUT2D eigenvalue weighted by molar-refractivity contribution is 6.01. The monoisotopic (exact) mass is 412 g/mol. The maximum atomic E-state index is 14.5. The van der Waals surface area contributed by atoms with Gasteiger partial charge < -0.3 is 10.2 Å². The van der Waals surface area contributed by atoms with Gasteiger partial charge in [-0.05, 0) is 44.4 Å². The standard InChI is InChI=1S/C21H22F2N6O/c1-11-3-4-16-15(7-13(22)9-24-16)17-8-14(23)10-28(17)18-5-6-29-20(26-18)19(12(2)27-29)21(30)25-11/h5-7,9,11,14,17H,3-4,8,10H2,1-2H3,(H,25,30)/t11?,14-,17?/m1/s1. The van der Waals surface area contributed by atoms with Gasteiger partial charge in [0.1, 0.15) is 23.4 Å². The second kappa shape index (κ2) is 7.00. The van der Waals surface area contributed by atoms with Crippen LogP contribution < -0.4 is 10.2 Å². The predicted octanol–water partition coefficient (Wildman–Crippen LogP) is 2.93. The molecule has 0 saturated carbocycles. The van der Waals surface area contributed by atoms with Gasteiger partial charge >= 0.3 is 0 Å². The summed E-state index contributed by atoms with van der Waals surface area (Å²) in [7, 11) is 0. The molecule has 1 N–H and O–H groups in total. The number of aromatic nitrogens is 4. The molecule has 3 atom stereocenters. The first-order valence-corrected chi connectivity index (χ1v) is 10.1. The Labute approximate surface area is 172 Å². The largest absolute Gasteiger partial charge is 0.349 e. The molecular formula is C21H22F2N6O. The van der Waals surface area contributed by atoms with Crippen LogP contribution in [0.1, 0.15) is 53.1 Å². The first kappa shape index (κ1) is 18.9. The Morgan fingerprint density at radius 3 is 3.00 bits per heavy atom. The molecule has 1 saturated heterocycles. The number of nitrogens with one attached hydrogen (secondary N) is 1. The lowest BCUT2D eigenvalue weighted by Crippen LogP contribution is -2.33. The van der Waals surface area contributed by atoms with E-state index in [4.69, 9.17) is 0 Å². The van der Waals surface area contributed by atoms with E-state index in [0.717, 1.165) is 5.69 Å². The molecule has 30 heavy (non-hydrogen) atoms. The van der Waals surface area contributed by atoms with Gasteiger partial charge in [0, 0.05) is 24.4 Å². The van der Waals surface area contributed by atoms with Gasteiger partial charge in [-0.1, -0.05) is 0 Å². The minimum absolute atomic E-state index is 0.135.